The molecule has 0 unspecified atom stereocenters. The first-order valence-corrected chi connectivity index (χ1v) is 8.03. The summed E-state index contributed by atoms with van der Waals surface area (Å²) in [5, 5.41) is 11.6. The number of hydrogen-bond donors (Lipinski definition) is 1. The largest absolute Gasteiger partial charge is 0.416 e. The second-order valence-electron chi connectivity index (χ2n) is 4.99. The van der Waals surface area contributed by atoms with Crippen LogP contribution in [-0.2, 0) is 12.6 Å². The number of alkyl halides is 3. The lowest BCUT2D eigenvalue weighted by Crippen LogP contribution is -2.12. The molecule has 0 atom stereocenters. The average Bonchev–Trinajstić information content (AvgIpc) is 2.94. The minimum atomic E-state index is -4.42. The van der Waals surface area contributed by atoms with Crippen LogP contribution in [0.3, 0.4) is 0 Å². The van der Waals surface area contributed by atoms with Gasteiger partial charge in [-0.3, -0.25) is 10.1 Å². The molecule has 1 aromatic carbocycles. The van der Waals surface area contributed by atoms with Crippen LogP contribution in [0.1, 0.15) is 47.1 Å². The molecule has 1 aromatic heterocycles. The van der Waals surface area contributed by atoms with E-state index in [0.29, 0.717) is 5.13 Å². The zero-order valence-corrected chi connectivity index (χ0v) is 13.3. The number of hydrogen-bond acceptors (Lipinski definition) is 4. The Hall–Kier alpha value is -1.96. The molecule has 1 heterocycles. The number of anilines is 1. The van der Waals surface area contributed by atoms with Crippen molar-refractivity contribution in [2.24, 2.45) is 0 Å². The summed E-state index contributed by atoms with van der Waals surface area (Å²) >= 11 is 1.28. The van der Waals surface area contributed by atoms with Gasteiger partial charge in [-0.15, -0.1) is 10.2 Å². The summed E-state index contributed by atoms with van der Waals surface area (Å²) in [6.45, 7) is 2.11. The van der Waals surface area contributed by atoms with Gasteiger partial charge in [0, 0.05) is 12.0 Å². The lowest BCUT2D eigenvalue weighted by molar-refractivity contribution is -0.137. The molecule has 0 aliphatic rings. The van der Waals surface area contributed by atoms with Crippen LogP contribution in [0.25, 0.3) is 0 Å². The third kappa shape index (κ3) is 5.02. The first kappa shape index (κ1) is 17.4. The maximum atomic E-state index is 12.5. The van der Waals surface area contributed by atoms with Crippen molar-refractivity contribution in [2.75, 3.05) is 5.32 Å². The molecule has 1 amide bonds. The fourth-order valence-corrected chi connectivity index (χ4v) is 2.69. The van der Waals surface area contributed by atoms with Crippen LogP contribution in [-0.4, -0.2) is 16.1 Å². The summed E-state index contributed by atoms with van der Waals surface area (Å²) in [6.07, 6.45) is -0.385. The zero-order chi connectivity index (χ0) is 16.9. The van der Waals surface area contributed by atoms with Crippen molar-refractivity contribution in [3.8, 4) is 0 Å². The molecule has 0 radical (unpaired) electrons. The second kappa shape index (κ2) is 7.54. The van der Waals surface area contributed by atoms with E-state index in [1.165, 1.54) is 11.3 Å². The molecule has 124 valence electrons. The molecular weight excluding hydrogens is 327 g/mol. The van der Waals surface area contributed by atoms with E-state index >= 15 is 0 Å². The van der Waals surface area contributed by atoms with E-state index in [-0.39, 0.29) is 5.56 Å². The van der Waals surface area contributed by atoms with Gasteiger partial charge in [0.1, 0.15) is 5.01 Å². The first-order chi connectivity index (χ1) is 10.9. The van der Waals surface area contributed by atoms with Gasteiger partial charge in [-0.2, -0.15) is 13.2 Å². The summed E-state index contributed by atoms with van der Waals surface area (Å²) in [5.41, 5.74) is -0.649. The topological polar surface area (TPSA) is 54.9 Å². The highest BCUT2D eigenvalue weighted by Crippen LogP contribution is 2.29. The van der Waals surface area contributed by atoms with Crippen molar-refractivity contribution in [1.29, 1.82) is 0 Å². The van der Waals surface area contributed by atoms with Gasteiger partial charge in [-0.1, -0.05) is 31.1 Å². The van der Waals surface area contributed by atoms with Gasteiger partial charge in [0.05, 0.1) is 5.56 Å². The molecule has 0 bridgehead atoms. The van der Waals surface area contributed by atoms with E-state index in [1.54, 1.807) is 0 Å². The van der Waals surface area contributed by atoms with Crippen LogP contribution in [0.4, 0.5) is 18.3 Å². The number of nitrogens with one attached hydrogen (secondary N) is 1. The third-order valence-corrected chi connectivity index (χ3v) is 4.05. The summed E-state index contributed by atoms with van der Waals surface area (Å²) in [4.78, 5) is 12.0. The maximum absolute atomic E-state index is 12.5. The number of aryl methyl sites for hydroxylation is 1. The van der Waals surface area contributed by atoms with Crippen LogP contribution >= 0.6 is 11.3 Å². The van der Waals surface area contributed by atoms with E-state index in [0.717, 1.165) is 55.0 Å². The maximum Gasteiger partial charge on any atom is 0.416 e. The minimum Gasteiger partial charge on any atom is -0.296 e. The third-order valence-electron chi connectivity index (χ3n) is 3.16. The van der Waals surface area contributed by atoms with Crippen molar-refractivity contribution in [1.82, 2.24) is 10.2 Å². The Bertz CT molecular complexity index is 653. The van der Waals surface area contributed by atoms with E-state index in [2.05, 4.69) is 22.4 Å². The Morgan fingerprint density at radius 2 is 1.87 bits per heavy atom. The van der Waals surface area contributed by atoms with Crippen LogP contribution < -0.4 is 5.32 Å². The van der Waals surface area contributed by atoms with Crippen LogP contribution in [0.2, 0.25) is 0 Å². The summed E-state index contributed by atoms with van der Waals surface area (Å²) in [6, 6.07) is 4.04. The highest BCUT2D eigenvalue weighted by atomic mass is 32.1. The number of carbonyl (C=O) groups excluding carboxylic acids is 1. The number of halogens is 3. The van der Waals surface area contributed by atoms with Gasteiger partial charge in [0.2, 0.25) is 5.13 Å². The van der Waals surface area contributed by atoms with E-state index in [9.17, 15) is 18.0 Å². The van der Waals surface area contributed by atoms with Gasteiger partial charge in [-0.05, 0) is 30.7 Å². The van der Waals surface area contributed by atoms with Crippen LogP contribution in [0.15, 0.2) is 24.3 Å². The predicted octanol–water partition coefficient (Wildman–Crippen LogP) is 4.54. The van der Waals surface area contributed by atoms with Crippen molar-refractivity contribution < 1.29 is 18.0 Å². The molecule has 23 heavy (non-hydrogen) atoms. The molecule has 0 spiro atoms. The van der Waals surface area contributed by atoms with Gasteiger partial charge in [-0.25, -0.2) is 0 Å². The Kier molecular flexibility index (Phi) is 5.70. The Balaban J connectivity index is 1.96. The number of benzene rings is 1. The molecular formula is C15H16F3N3OS. The Labute approximate surface area is 135 Å². The highest BCUT2D eigenvalue weighted by Gasteiger charge is 2.30. The lowest BCUT2D eigenvalue weighted by atomic mass is 10.1. The summed E-state index contributed by atoms with van der Waals surface area (Å²) < 4.78 is 37.4. The second-order valence-corrected chi connectivity index (χ2v) is 6.05. The smallest absolute Gasteiger partial charge is 0.296 e. The first-order valence-electron chi connectivity index (χ1n) is 7.21. The zero-order valence-electron chi connectivity index (χ0n) is 12.5. The number of unbranched alkanes of at least 4 members (excludes halogenated alkanes) is 2. The number of aromatic nitrogens is 2. The van der Waals surface area contributed by atoms with Crippen molar-refractivity contribution in [3.63, 3.8) is 0 Å². The molecule has 1 N–H and O–H groups in total. The van der Waals surface area contributed by atoms with Gasteiger partial charge < -0.3 is 0 Å². The van der Waals surface area contributed by atoms with Gasteiger partial charge in [0.25, 0.3) is 5.91 Å². The lowest BCUT2D eigenvalue weighted by Gasteiger charge is -2.07. The quantitative estimate of drug-likeness (QED) is 0.783. The van der Waals surface area contributed by atoms with Gasteiger partial charge in [0.15, 0.2) is 0 Å². The van der Waals surface area contributed by atoms with Crippen LogP contribution in [0, 0.1) is 0 Å². The molecule has 0 aliphatic carbocycles. The average molecular weight is 343 g/mol. The molecule has 8 heteroatoms. The molecule has 2 rings (SSSR count). The SMILES string of the molecule is CCCCCc1nnc(NC(=O)c2ccc(C(F)(F)F)cc2)s1. The molecule has 0 saturated carbocycles. The summed E-state index contributed by atoms with van der Waals surface area (Å²) in [5.74, 6) is -0.505. The highest BCUT2D eigenvalue weighted by molar-refractivity contribution is 7.15. The fraction of sp³-hybridized carbons (Fsp3) is 0.400. The molecule has 0 saturated heterocycles. The minimum absolute atomic E-state index is 0.140. The molecule has 0 aliphatic heterocycles. The molecule has 4 nitrogen and oxygen atoms in total. The summed E-state index contributed by atoms with van der Waals surface area (Å²) in [7, 11) is 0. The number of rotatable bonds is 6. The van der Waals surface area contributed by atoms with Crippen molar-refractivity contribution in [2.45, 2.75) is 38.8 Å². The monoisotopic (exact) mass is 343 g/mol. The van der Waals surface area contributed by atoms with Crippen molar-refractivity contribution >= 4 is 22.4 Å². The standard InChI is InChI=1S/C15H16F3N3OS/c1-2-3-4-5-12-20-21-14(23-12)19-13(22)10-6-8-11(9-7-10)15(16,17)18/h6-9H,2-5H2,1H3,(H,19,21,22). The van der Waals surface area contributed by atoms with E-state index in [4.69, 9.17) is 0 Å². The predicted molar refractivity (Wildman–Crippen MR) is 82.5 cm³/mol. The Morgan fingerprint density at radius 3 is 2.48 bits per heavy atom. The van der Waals surface area contributed by atoms with E-state index in [1.807, 2.05) is 0 Å². The fourth-order valence-electron chi connectivity index (χ4n) is 1.91. The molecule has 0 fully saturated rings. The number of carbonyl (C=O) groups is 1. The van der Waals surface area contributed by atoms with Gasteiger partial charge >= 0.3 is 6.18 Å². The Morgan fingerprint density at radius 1 is 1.17 bits per heavy atom. The normalized spacial score (nSPS) is 11.5. The van der Waals surface area contributed by atoms with Crippen molar-refractivity contribution in [3.05, 3.63) is 40.4 Å². The van der Waals surface area contributed by atoms with E-state index < -0.39 is 17.6 Å². The number of nitrogens with zero attached hydrogens (tertiary/aromatic N) is 2. The number of amides is 1. The van der Waals surface area contributed by atoms with Crippen LogP contribution in [0.5, 0.6) is 0 Å². The molecule has 2 aromatic rings.